The maximum atomic E-state index is 12.6. The summed E-state index contributed by atoms with van der Waals surface area (Å²) in [4.78, 5) is 37.0. The molecule has 0 bridgehead atoms. The van der Waals surface area contributed by atoms with Crippen molar-refractivity contribution in [2.45, 2.75) is 61.9 Å². The highest BCUT2D eigenvalue weighted by molar-refractivity contribution is 8.01. The van der Waals surface area contributed by atoms with Crippen molar-refractivity contribution in [3.63, 3.8) is 0 Å². The molecule has 116 valence electrons. The van der Waals surface area contributed by atoms with E-state index in [1.54, 1.807) is 16.7 Å². The lowest BCUT2D eigenvalue weighted by Gasteiger charge is -2.42. The van der Waals surface area contributed by atoms with Crippen LogP contribution in [-0.2, 0) is 14.4 Å². The van der Waals surface area contributed by atoms with Gasteiger partial charge in [-0.25, -0.2) is 0 Å². The molecule has 2 amide bonds. The van der Waals surface area contributed by atoms with Crippen LogP contribution in [0.1, 0.15) is 45.4 Å². The Morgan fingerprint density at radius 1 is 1.43 bits per heavy atom. The van der Waals surface area contributed by atoms with Crippen LogP contribution in [0, 0.1) is 0 Å². The van der Waals surface area contributed by atoms with Crippen LogP contribution in [0.5, 0.6) is 0 Å². The first-order chi connectivity index (χ1) is 9.85. The molecule has 7 heteroatoms. The second-order valence-electron chi connectivity index (χ2n) is 6.46. The number of aliphatic carboxylic acids is 1. The summed E-state index contributed by atoms with van der Waals surface area (Å²) in [6.45, 7) is 2.01. The lowest BCUT2D eigenvalue weighted by Crippen LogP contribution is -2.60. The molecular weight excluding hydrogens is 292 g/mol. The van der Waals surface area contributed by atoms with E-state index in [1.165, 1.54) is 0 Å². The zero-order chi connectivity index (χ0) is 15.3. The van der Waals surface area contributed by atoms with E-state index in [4.69, 9.17) is 5.11 Å². The van der Waals surface area contributed by atoms with E-state index in [1.807, 2.05) is 6.92 Å². The highest BCUT2D eigenvalue weighted by Crippen LogP contribution is 2.47. The topological polar surface area (TPSA) is 86.7 Å². The number of nitrogens with zero attached hydrogens (tertiary/aromatic N) is 1. The molecule has 2 N–H and O–H groups in total. The molecule has 0 aromatic rings. The van der Waals surface area contributed by atoms with E-state index in [9.17, 15) is 14.4 Å². The van der Waals surface area contributed by atoms with Crippen LogP contribution < -0.4 is 5.32 Å². The third-order valence-electron chi connectivity index (χ3n) is 4.94. The summed E-state index contributed by atoms with van der Waals surface area (Å²) >= 11 is 1.65. The Kier molecular flexibility index (Phi) is 3.43. The minimum absolute atomic E-state index is 0.0311. The smallest absolute Gasteiger partial charge is 0.305 e. The molecular formula is C14H20N2O4S. The molecule has 1 aliphatic carbocycles. The largest absolute Gasteiger partial charge is 0.481 e. The molecule has 2 unspecified atom stereocenters. The summed E-state index contributed by atoms with van der Waals surface area (Å²) in [5.41, 5.74) is -0.602. The number of thioether (sulfide) groups is 1. The van der Waals surface area contributed by atoms with E-state index in [-0.39, 0.29) is 23.1 Å². The van der Waals surface area contributed by atoms with Gasteiger partial charge in [-0.3, -0.25) is 14.4 Å². The van der Waals surface area contributed by atoms with Gasteiger partial charge < -0.3 is 15.3 Å². The van der Waals surface area contributed by atoms with Gasteiger partial charge in [-0.05, 0) is 32.6 Å². The highest BCUT2D eigenvalue weighted by Gasteiger charge is 2.54. The Labute approximate surface area is 127 Å². The van der Waals surface area contributed by atoms with Crippen molar-refractivity contribution in [1.82, 2.24) is 10.2 Å². The number of hydrogen-bond donors (Lipinski definition) is 2. The normalized spacial score (nSPS) is 33.5. The van der Waals surface area contributed by atoms with Crippen molar-refractivity contribution in [2.75, 3.05) is 5.75 Å². The molecule has 0 spiro atoms. The van der Waals surface area contributed by atoms with Crippen molar-refractivity contribution in [1.29, 1.82) is 0 Å². The molecule has 0 aromatic heterocycles. The number of carbonyl (C=O) groups excluding carboxylic acids is 2. The standard InChI is InChI=1S/C14H20N2O4S/c1-13-6-3-10(17)16(13)9(8-21-13)12(20)15-14(4-2-5-14)7-11(18)19/h9H,2-8H2,1H3,(H,15,20)(H,18,19). The minimum atomic E-state index is -0.891. The summed E-state index contributed by atoms with van der Waals surface area (Å²) in [5, 5.41) is 11.9. The van der Waals surface area contributed by atoms with Crippen LogP contribution in [0.25, 0.3) is 0 Å². The van der Waals surface area contributed by atoms with Crippen LogP contribution in [0.3, 0.4) is 0 Å². The van der Waals surface area contributed by atoms with E-state index in [0.717, 1.165) is 12.8 Å². The minimum Gasteiger partial charge on any atom is -0.481 e. The highest BCUT2D eigenvalue weighted by atomic mass is 32.2. The Hall–Kier alpha value is -1.24. The SMILES string of the molecule is CC12CCC(=O)N1C(C(=O)NC1(CC(=O)O)CCC1)CS2. The monoisotopic (exact) mass is 312 g/mol. The number of carboxylic acid groups (broad SMARTS) is 1. The molecule has 0 aromatic carbocycles. The summed E-state index contributed by atoms with van der Waals surface area (Å²) in [7, 11) is 0. The first kappa shape index (κ1) is 14.7. The Balaban J connectivity index is 1.71. The number of rotatable bonds is 4. The van der Waals surface area contributed by atoms with Gasteiger partial charge in [0.05, 0.1) is 16.8 Å². The average molecular weight is 312 g/mol. The van der Waals surface area contributed by atoms with Gasteiger partial charge in [0.15, 0.2) is 0 Å². The molecule has 0 radical (unpaired) electrons. The van der Waals surface area contributed by atoms with Gasteiger partial charge in [-0.2, -0.15) is 0 Å². The number of amides is 2. The van der Waals surface area contributed by atoms with Gasteiger partial charge in [-0.1, -0.05) is 0 Å². The molecule has 1 saturated carbocycles. The van der Waals surface area contributed by atoms with Gasteiger partial charge in [0.25, 0.3) is 0 Å². The van der Waals surface area contributed by atoms with Crippen molar-refractivity contribution in [2.24, 2.45) is 0 Å². The quantitative estimate of drug-likeness (QED) is 0.807. The van der Waals surface area contributed by atoms with Crippen molar-refractivity contribution >= 4 is 29.5 Å². The molecule has 3 fully saturated rings. The van der Waals surface area contributed by atoms with Crippen molar-refractivity contribution in [3.8, 4) is 0 Å². The van der Waals surface area contributed by atoms with E-state index in [2.05, 4.69) is 5.32 Å². The predicted molar refractivity (Wildman–Crippen MR) is 77.7 cm³/mol. The van der Waals surface area contributed by atoms with Gasteiger partial charge in [-0.15, -0.1) is 11.8 Å². The van der Waals surface area contributed by atoms with E-state index < -0.39 is 17.6 Å². The van der Waals surface area contributed by atoms with Crippen LogP contribution in [0.2, 0.25) is 0 Å². The van der Waals surface area contributed by atoms with Crippen molar-refractivity contribution < 1.29 is 19.5 Å². The summed E-state index contributed by atoms with van der Waals surface area (Å²) in [6, 6.07) is -0.457. The molecule has 2 atom stereocenters. The maximum Gasteiger partial charge on any atom is 0.305 e. The third-order valence-corrected chi connectivity index (χ3v) is 6.44. The molecule has 3 rings (SSSR count). The zero-order valence-corrected chi connectivity index (χ0v) is 12.9. The molecule has 21 heavy (non-hydrogen) atoms. The van der Waals surface area contributed by atoms with Gasteiger partial charge in [0, 0.05) is 12.2 Å². The number of carbonyl (C=O) groups is 3. The molecule has 6 nitrogen and oxygen atoms in total. The zero-order valence-electron chi connectivity index (χ0n) is 12.1. The van der Waals surface area contributed by atoms with E-state index >= 15 is 0 Å². The predicted octanol–water partition coefficient (Wildman–Crippen LogP) is 0.954. The second kappa shape index (κ2) is 4.90. The van der Waals surface area contributed by atoms with Crippen LogP contribution in [0.4, 0.5) is 0 Å². The Bertz CT molecular complexity index is 505. The fourth-order valence-electron chi connectivity index (χ4n) is 3.60. The molecule has 2 heterocycles. The lowest BCUT2D eigenvalue weighted by atomic mass is 9.74. The van der Waals surface area contributed by atoms with Crippen LogP contribution in [0.15, 0.2) is 0 Å². The van der Waals surface area contributed by atoms with Gasteiger partial charge in [0.1, 0.15) is 6.04 Å². The molecule has 3 aliphatic rings. The first-order valence-electron chi connectivity index (χ1n) is 7.35. The Morgan fingerprint density at radius 3 is 2.71 bits per heavy atom. The van der Waals surface area contributed by atoms with Crippen molar-refractivity contribution in [3.05, 3.63) is 0 Å². The molecule has 2 aliphatic heterocycles. The number of fused-ring (bicyclic) bond motifs is 1. The number of nitrogens with one attached hydrogen (secondary N) is 1. The average Bonchev–Trinajstić information content (AvgIpc) is 2.84. The summed E-state index contributed by atoms with van der Waals surface area (Å²) < 4.78 is 0. The lowest BCUT2D eigenvalue weighted by molar-refractivity contribution is -0.143. The maximum absolute atomic E-state index is 12.6. The van der Waals surface area contributed by atoms with Gasteiger partial charge in [0.2, 0.25) is 11.8 Å². The van der Waals surface area contributed by atoms with E-state index in [0.29, 0.717) is 25.0 Å². The number of hydrogen-bond acceptors (Lipinski definition) is 4. The number of carboxylic acids is 1. The summed E-state index contributed by atoms with van der Waals surface area (Å²) in [5.74, 6) is -0.458. The molecule has 2 saturated heterocycles. The third kappa shape index (κ3) is 2.41. The summed E-state index contributed by atoms with van der Waals surface area (Å²) in [6.07, 6.45) is 3.58. The van der Waals surface area contributed by atoms with Crippen LogP contribution in [-0.4, -0.2) is 50.0 Å². The van der Waals surface area contributed by atoms with Gasteiger partial charge >= 0.3 is 5.97 Å². The first-order valence-corrected chi connectivity index (χ1v) is 8.34. The Morgan fingerprint density at radius 2 is 2.14 bits per heavy atom. The second-order valence-corrected chi connectivity index (χ2v) is 7.96. The fourth-order valence-corrected chi connectivity index (χ4v) is 5.03. The van der Waals surface area contributed by atoms with Crippen LogP contribution >= 0.6 is 11.8 Å². The fraction of sp³-hybridized carbons (Fsp3) is 0.786.